The highest BCUT2D eigenvalue weighted by atomic mass is 32.1. The van der Waals surface area contributed by atoms with Crippen molar-refractivity contribution in [1.29, 1.82) is 0 Å². The smallest absolute Gasteiger partial charge is 0.0929 e. The van der Waals surface area contributed by atoms with Crippen LogP contribution in [0.3, 0.4) is 0 Å². The number of pyridine rings is 1. The van der Waals surface area contributed by atoms with Crippen molar-refractivity contribution in [2.24, 2.45) is 9.98 Å². The molecule has 4 heterocycles. The molecule has 2 aliphatic rings. The molecule has 0 unspecified atom stereocenters. The molecular weight excluding hydrogens is 534 g/mol. The third kappa shape index (κ3) is 5.95. The predicted octanol–water partition coefficient (Wildman–Crippen LogP) is 7.03. The predicted molar refractivity (Wildman–Crippen MR) is 180 cm³/mol. The minimum Gasteiger partial charge on any atom is -0.346 e. The zero-order valence-corrected chi connectivity index (χ0v) is 23.9. The van der Waals surface area contributed by atoms with Crippen LogP contribution in [0.1, 0.15) is 39.6 Å². The molecule has 0 bridgehead atoms. The summed E-state index contributed by atoms with van der Waals surface area (Å²) in [5.74, 6) is 5.40. The number of terminal acetylenes is 2. The van der Waals surface area contributed by atoms with E-state index >= 15 is 0 Å². The summed E-state index contributed by atoms with van der Waals surface area (Å²) in [5.41, 5.74) is 9.68. The van der Waals surface area contributed by atoms with Crippen LogP contribution >= 0.6 is 11.3 Å². The number of nitrogens with zero attached hydrogens (tertiary/aromatic N) is 5. The van der Waals surface area contributed by atoms with Crippen molar-refractivity contribution in [1.82, 2.24) is 4.98 Å². The van der Waals surface area contributed by atoms with E-state index in [-0.39, 0.29) is 7.43 Å². The molecule has 0 aliphatic carbocycles. The van der Waals surface area contributed by atoms with Crippen LogP contribution in [0.15, 0.2) is 114 Å². The Balaban J connectivity index is 0.000000189. The fourth-order valence-corrected chi connectivity index (χ4v) is 5.60. The lowest BCUT2D eigenvalue weighted by Gasteiger charge is -2.21. The maximum Gasteiger partial charge on any atom is 0.0929 e. The number of hydrogen-bond donors (Lipinski definition) is 0. The fraction of sp³-hybridized carbons (Fsp3) is 0.139. The summed E-state index contributed by atoms with van der Waals surface area (Å²) in [6.45, 7) is 9.32. The third-order valence-corrected chi connectivity index (χ3v) is 8.02. The molecule has 4 aromatic rings. The Kier molecular flexibility index (Phi) is 9.22. The molecule has 5 nitrogen and oxygen atoms in total. The Morgan fingerprint density at radius 3 is 2.10 bits per heavy atom. The zero-order valence-electron chi connectivity index (χ0n) is 23.1. The third-order valence-electron chi connectivity index (χ3n) is 6.95. The molecule has 42 heavy (non-hydrogen) atoms. The van der Waals surface area contributed by atoms with Crippen LogP contribution < -0.4 is 9.80 Å². The van der Waals surface area contributed by atoms with E-state index in [4.69, 9.17) is 17.8 Å². The molecule has 0 spiro atoms. The van der Waals surface area contributed by atoms with Gasteiger partial charge in [-0.05, 0) is 36.4 Å². The molecule has 0 saturated carbocycles. The Labute approximate surface area is 253 Å². The largest absolute Gasteiger partial charge is 0.346 e. The van der Waals surface area contributed by atoms with E-state index in [2.05, 4.69) is 56.9 Å². The van der Waals surface area contributed by atoms with Gasteiger partial charge in [-0.25, -0.2) is 0 Å². The average molecular weight is 568 g/mol. The summed E-state index contributed by atoms with van der Waals surface area (Å²) in [6.07, 6.45) is 12.8. The topological polar surface area (TPSA) is 44.1 Å². The molecule has 0 fully saturated rings. The summed E-state index contributed by atoms with van der Waals surface area (Å²) < 4.78 is 0. The van der Waals surface area contributed by atoms with Gasteiger partial charge in [-0.2, -0.15) is 0 Å². The SMILES string of the molecule is C.C#Cc1cc2c(s1)C(c1ccccc1)=NCC(=C)N2C.C#Cc1ccc2c(c1)C(c1ccccn1)=NCC(=C)N2C. The van der Waals surface area contributed by atoms with Gasteiger partial charge in [0, 0.05) is 48.4 Å². The number of benzodiazepines with no additional fused rings is 1. The van der Waals surface area contributed by atoms with Gasteiger partial charge < -0.3 is 9.80 Å². The minimum atomic E-state index is 0. The van der Waals surface area contributed by atoms with Crippen molar-refractivity contribution in [2.75, 3.05) is 37.0 Å². The molecule has 0 amide bonds. The number of aliphatic imine (C=N–C) groups is 2. The highest BCUT2D eigenvalue weighted by Gasteiger charge is 2.23. The Bertz CT molecular complexity index is 1760. The van der Waals surface area contributed by atoms with Crippen molar-refractivity contribution >= 4 is 34.1 Å². The number of anilines is 2. The van der Waals surface area contributed by atoms with E-state index < -0.39 is 0 Å². The van der Waals surface area contributed by atoms with Gasteiger partial charge in [0.1, 0.15) is 0 Å². The quantitative estimate of drug-likeness (QED) is 0.244. The first-order valence-electron chi connectivity index (χ1n) is 13.0. The highest BCUT2D eigenvalue weighted by Crippen LogP contribution is 2.35. The molecular formula is C36H33N5S. The molecule has 0 radical (unpaired) electrons. The van der Waals surface area contributed by atoms with Crippen LogP contribution in [-0.2, 0) is 0 Å². The fourth-order valence-electron chi connectivity index (χ4n) is 4.57. The molecule has 2 aromatic carbocycles. The monoisotopic (exact) mass is 567 g/mol. The number of fused-ring (bicyclic) bond motifs is 2. The summed E-state index contributed by atoms with van der Waals surface area (Å²) >= 11 is 1.61. The lowest BCUT2D eigenvalue weighted by Crippen LogP contribution is -2.17. The molecule has 2 aromatic heterocycles. The summed E-state index contributed by atoms with van der Waals surface area (Å²) in [7, 11) is 4.01. The number of hydrogen-bond acceptors (Lipinski definition) is 6. The van der Waals surface area contributed by atoms with Gasteiger partial charge in [-0.1, -0.05) is 68.8 Å². The molecule has 2 aliphatic heterocycles. The van der Waals surface area contributed by atoms with E-state index in [9.17, 15) is 0 Å². The molecule has 6 heteroatoms. The number of aromatic nitrogens is 1. The van der Waals surface area contributed by atoms with Crippen LogP contribution in [0.4, 0.5) is 11.4 Å². The summed E-state index contributed by atoms with van der Waals surface area (Å²) in [6, 6.07) is 24.0. The highest BCUT2D eigenvalue weighted by molar-refractivity contribution is 7.15. The number of thiophene rings is 1. The van der Waals surface area contributed by atoms with Gasteiger partial charge in [0.15, 0.2) is 0 Å². The standard InChI is InChI=1S/C18H15N3.C17H14N2S.CH4/c1-4-14-8-9-17-15(11-14)18(16-7-5-6-10-19-16)20-12-13(2)21(17)3;1-4-14-10-15-17(20-14)16(13-8-6-5-7-9-13)18-11-12(2)19(15)3;/h1,5-11H,2,12H2,3H3;1,5-10H,2,11H2,3H3;1H4. The van der Waals surface area contributed by atoms with Crippen molar-refractivity contribution < 1.29 is 0 Å². The number of rotatable bonds is 2. The van der Waals surface area contributed by atoms with Gasteiger partial charge >= 0.3 is 0 Å². The first-order chi connectivity index (χ1) is 19.9. The maximum absolute atomic E-state index is 5.54. The first kappa shape index (κ1) is 29.8. The summed E-state index contributed by atoms with van der Waals surface area (Å²) in [4.78, 5) is 20.0. The van der Waals surface area contributed by atoms with Crippen molar-refractivity contribution in [3.8, 4) is 24.7 Å². The first-order valence-corrected chi connectivity index (χ1v) is 13.8. The zero-order chi connectivity index (χ0) is 28.9. The molecule has 0 N–H and O–H groups in total. The van der Waals surface area contributed by atoms with Crippen LogP contribution in [-0.4, -0.2) is 43.6 Å². The number of likely N-dealkylation sites (N-methyl/N-ethyl adjacent to an activating group) is 2. The van der Waals surface area contributed by atoms with E-state index in [1.165, 1.54) is 0 Å². The Morgan fingerprint density at radius 2 is 1.45 bits per heavy atom. The lowest BCUT2D eigenvalue weighted by atomic mass is 10.0. The van der Waals surface area contributed by atoms with E-state index in [1.807, 2.05) is 74.8 Å². The second kappa shape index (κ2) is 13.0. The summed E-state index contributed by atoms with van der Waals surface area (Å²) in [5, 5.41) is 0. The van der Waals surface area contributed by atoms with E-state index in [1.54, 1.807) is 17.5 Å². The van der Waals surface area contributed by atoms with Gasteiger partial charge in [-0.3, -0.25) is 15.0 Å². The second-order valence-electron chi connectivity index (χ2n) is 9.51. The van der Waals surface area contributed by atoms with Gasteiger partial charge in [0.05, 0.1) is 51.3 Å². The normalized spacial score (nSPS) is 13.8. The van der Waals surface area contributed by atoms with Gasteiger partial charge in [-0.15, -0.1) is 24.2 Å². The van der Waals surface area contributed by atoms with Gasteiger partial charge in [0.2, 0.25) is 0 Å². The molecule has 0 saturated heterocycles. The lowest BCUT2D eigenvalue weighted by molar-refractivity contribution is 1.03. The van der Waals surface area contributed by atoms with E-state index in [0.29, 0.717) is 13.1 Å². The maximum atomic E-state index is 5.54. The van der Waals surface area contributed by atoms with Gasteiger partial charge in [0.25, 0.3) is 0 Å². The number of benzene rings is 2. The van der Waals surface area contributed by atoms with Crippen LogP contribution in [0.25, 0.3) is 0 Å². The molecule has 208 valence electrons. The Morgan fingerprint density at radius 1 is 0.786 bits per heavy atom. The van der Waals surface area contributed by atoms with Crippen LogP contribution in [0, 0.1) is 24.7 Å². The Hall–Kier alpha value is -5.17. The van der Waals surface area contributed by atoms with Crippen LogP contribution in [0.5, 0.6) is 0 Å². The second-order valence-corrected chi connectivity index (χ2v) is 10.6. The van der Waals surface area contributed by atoms with Crippen molar-refractivity contribution in [3.63, 3.8) is 0 Å². The molecule has 0 atom stereocenters. The van der Waals surface area contributed by atoms with Crippen molar-refractivity contribution in [3.05, 3.63) is 136 Å². The van der Waals surface area contributed by atoms with Crippen molar-refractivity contribution in [2.45, 2.75) is 7.43 Å². The average Bonchev–Trinajstić information content (AvgIpc) is 3.35. The van der Waals surface area contributed by atoms with Crippen LogP contribution in [0.2, 0.25) is 0 Å². The minimum absolute atomic E-state index is 0. The molecule has 6 rings (SSSR count). The van der Waals surface area contributed by atoms with E-state index in [0.717, 1.165) is 66.3 Å².